The molecule has 0 fully saturated rings. The Morgan fingerprint density at radius 2 is 0.794 bits per heavy atom. The summed E-state index contributed by atoms with van der Waals surface area (Å²) in [6, 6.07) is 23.5. The van der Waals surface area contributed by atoms with Gasteiger partial charge in [0.25, 0.3) is 0 Å². The fourth-order valence-corrected chi connectivity index (χ4v) is 5.28. The SMILES string of the molecule is N#Cc1ccc2nc3c(nc2c1)-c1ccc2c4c(ccc-3c14)-c1nc3cc(C#N)ccc3nc1-2. The van der Waals surface area contributed by atoms with Crippen LogP contribution < -0.4 is 0 Å². The number of nitriles is 2. The minimum absolute atomic E-state index is 0.567. The first-order valence-corrected chi connectivity index (χ1v) is 10.8. The van der Waals surface area contributed by atoms with Gasteiger partial charge >= 0.3 is 0 Å². The summed E-state index contributed by atoms with van der Waals surface area (Å²) < 4.78 is 0. The van der Waals surface area contributed by atoms with Crippen LogP contribution in [0.4, 0.5) is 0 Å². The summed E-state index contributed by atoms with van der Waals surface area (Å²) in [6.07, 6.45) is 0. The smallest absolute Gasteiger partial charge is 0.0992 e. The van der Waals surface area contributed by atoms with Gasteiger partial charge in [-0.3, -0.25) is 0 Å². The lowest BCUT2D eigenvalue weighted by atomic mass is 9.99. The van der Waals surface area contributed by atoms with E-state index >= 15 is 0 Å². The van der Waals surface area contributed by atoms with Crippen LogP contribution in [0.25, 0.3) is 77.9 Å². The quantitative estimate of drug-likeness (QED) is 0.303. The van der Waals surface area contributed by atoms with Crippen LogP contribution in [0.3, 0.4) is 0 Å². The lowest BCUT2D eigenvalue weighted by Crippen LogP contribution is -1.92. The van der Waals surface area contributed by atoms with E-state index < -0.39 is 0 Å². The molecule has 0 N–H and O–H groups in total. The molecule has 6 nitrogen and oxygen atoms in total. The molecule has 0 saturated heterocycles. The van der Waals surface area contributed by atoms with Crippen LogP contribution in [0, 0.1) is 22.7 Å². The standard InChI is InChI=1S/C28H10N6/c29-11-13-1-7-19-21(9-13)33-27-17-6-4-16-24-18(5-3-15(23(17)24)25(27)31-19)28-26(16)32-20-8-2-14(12-30)10-22(20)34-28/h1-10H. The molecule has 6 aromatic rings. The molecule has 0 bridgehead atoms. The van der Waals surface area contributed by atoms with Gasteiger partial charge in [0.1, 0.15) is 0 Å². The second-order valence-corrected chi connectivity index (χ2v) is 8.54. The Morgan fingerprint density at radius 1 is 0.441 bits per heavy atom. The molecule has 2 heterocycles. The summed E-state index contributed by atoms with van der Waals surface area (Å²) in [5.74, 6) is 0. The van der Waals surface area contributed by atoms with Crippen LogP contribution in [0.2, 0.25) is 0 Å². The maximum atomic E-state index is 9.28. The number of fused-ring (bicyclic) bond motifs is 8. The van der Waals surface area contributed by atoms with Crippen molar-refractivity contribution in [3.63, 3.8) is 0 Å². The van der Waals surface area contributed by atoms with Gasteiger partial charge in [0.05, 0.1) is 68.1 Å². The summed E-state index contributed by atoms with van der Waals surface area (Å²) in [5, 5.41) is 20.8. The van der Waals surface area contributed by atoms with E-state index in [0.29, 0.717) is 22.2 Å². The van der Waals surface area contributed by atoms with E-state index in [2.05, 4.69) is 36.4 Å². The molecule has 2 aliphatic rings. The highest BCUT2D eigenvalue weighted by Gasteiger charge is 2.32. The van der Waals surface area contributed by atoms with E-state index in [9.17, 15) is 10.5 Å². The predicted molar refractivity (Wildman–Crippen MR) is 128 cm³/mol. The Bertz CT molecular complexity index is 1890. The lowest BCUT2D eigenvalue weighted by Gasteiger charge is -2.05. The fraction of sp³-hybridized carbons (Fsp3) is 0. The van der Waals surface area contributed by atoms with Crippen LogP contribution in [0.1, 0.15) is 11.1 Å². The number of rotatable bonds is 0. The number of hydrogen-bond acceptors (Lipinski definition) is 6. The Kier molecular flexibility index (Phi) is 2.95. The average molecular weight is 430 g/mol. The molecule has 0 spiro atoms. The van der Waals surface area contributed by atoms with Crippen molar-refractivity contribution in [3.05, 3.63) is 71.8 Å². The van der Waals surface area contributed by atoms with Gasteiger partial charge in [-0.15, -0.1) is 0 Å². The van der Waals surface area contributed by atoms with Gasteiger partial charge in [0.15, 0.2) is 0 Å². The maximum absolute atomic E-state index is 9.28. The van der Waals surface area contributed by atoms with Gasteiger partial charge in [0.2, 0.25) is 0 Å². The summed E-state index contributed by atoms with van der Waals surface area (Å²) in [6.45, 7) is 0. The number of hydrogen-bond donors (Lipinski definition) is 0. The third-order valence-corrected chi connectivity index (χ3v) is 6.77. The van der Waals surface area contributed by atoms with Crippen molar-refractivity contribution in [1.29, 1.82) is 10.5 Å². The van der Waals surface area contributed by atoms with E-state index in [4.69, 9.17) is 19.9 Å². The molecule has 152 valence electrons. The van der Waals surface area contributed by atoms with E-state index in [1.807, 2.05) is 12.1 Å². The molecule has 0 radical (unpaired) electrons. The van der Waals surface area contributed by atoms with Crippen LogP contribution >= 0.6 is 0 Å². The van der Waals surface area contributed by atoms with Crippen LogP contribution in [-0.2, 0) is 0 Å². The Hall–Kier alpha value is -5.20. The Labute approximate surface area is 192 Å². The molecule has 4 aromatic carbocycles. The summed E-state index contributed by atoms with van der Waals surface area (Å²) >= 11 is 0. The van der Waals surface area contributed by atoms with Gasteiger partial charge in [-0.05, 0) is 36.4 Å². The third kappa shape index (κ3) is 1.98. The molecule has 6 heteroatoms. The monoisotopic (exact) mass is 430 g/mol. The fourth-order valence-electron chi connectivity index (χ4n) is 5.28. The molecule has 2 aliphatic carbocycles. The van der Waals surface area contributed by atoms with Gasteiger partial charge in [-0.1, -0.05) is 24.3 Å². The minimum atomic E-state index is 0.567. The van der Waals surface area contributed by atoms with Gasteiger partial charge in [-0.2, -0.15) is 10.5 Å². The first-order chi connectivity index (χ1) is 16.7. The van der Waals surface area contributed by atoms with Gasteiger partial charge in [0, 0.05) is 33.0 Å². The molecule has 0 aliphatic heterocycles. The Balaban J connectivity index is 1.45. The van der Waals surface area contributed by atoms with Crippen LogP contribution in [0.5, 0.6) is 0 Å². The second kappa shape index (κ2) is 5.78. The first kappa shape index (κ1) is 17.4. The Morgan fingerprint density at radius 3 is 1.15 bits per heavy atom. The van der Waals surface area contributed by atoms with Gasteiger partial charge < -0.3 is 0 Å². The average Bonchev–Trinajstić information content (AvgIpc) is 3.36. The highest BCUT2D eigenvalue weighted by atomic mass is 14.9. The van der Waals surface area contributed by atoms with Crippen molar-refractivity contribution in [2.75, 3.05) is 0 Å². The molecule has 0 amide bonds. The summed E-state index contributed by atoms with van der Waals surface area (Å²) in [7, 11) is 0. The van der Waals surface area contributed by atoms with Gasteiger partial charge in [-0.25, -0.2) is 19.9 Å². The van der Waals surface area contributed by atoms with Crippen molar-refractivity contribution in [1.82, 2.24) is 19.9 Å². The van der Waals surface area contributed by atoms with E-state index in [-0.39, 0.29) is 0 Å². The molecule has 8 rings (SSSR count). The van der Waals surface area contributed by atoms with Crippen molar-refractivity contribution in [3.8, 4) is 57.2 Å². The predicted octanol–water partition coefficient (Wildman–Crippen LogP) is 5.76. The largest absolute Gasteiger partial charge is 0.244 e. The van der Waals surface area contributed by atoms with Crippen molar-refractivity contribution in [2.24, 2.45) is 0 Å². The normalized spacial score (nSPS) is 12.1. The topological polar surface area (TPSA) is 99.1 Å². The van der Waals surface area contributed by atoms with E-state index in [1.54, 1.807) is 24.3 Å². The molecule has 0 saturated carbocycles. The second-order valence-electron chi connectivity index (χ2n) is 8.54. The molecular weight excluding hydrogens is 420 g/mol. The van der Waals surface area contributed by atoms with Crippen molar-refractivity contribution >= 4 is 32.8 Å². The van der Waals surface area contributed by atoms with Crippen LogP contribution in [0.15, 0.2) is 60.7 Å². The summed E-state index contributed by atoms with van der Waals surface area (Å²) in [5.41, 5.74) is 11.6. The molecule has 34 heavy (non-hydrogen) atoms. The highest BCUT2D eigenvalue weighted by molar-refractivity contribution is 6.25. The number of aromatic nitrogens is 4. The zero-order chi connectivity index (χ0) is 22.6. The maximum Gasteiger partial charge on any atom is 0.0992 e. The van der Waals surface area contributed by atoms with E-state index in [0.717, 1.165) is 66.8 Å². The summed E-state index contributed by atoms with van der Waals surface area (Å²) in [4.78, 5) is 19.7. The highest BCUT2D eigenvalue weighted by Crippen LogP contribution is 2.54. The van der Waals surface area contributed by atoms with Crippen LogP contribution in [-0.4, -0.2) is 19.9 Å². The molecule has 0 unspecified atom stereocenters. The zero-order valence-electron chi connectivity index (χ0n) is 17.5. The molecule has 0 atom stereocenters. The first-order valence-electron chi connectivity index (χ1n) is 10.8. The van der Waals surface area contributed by atoms with Crippen molar-refractivity contribution < 1.29 is 0 Å². The third-order valence-electron chi connectivity index (χ3n) is 6.77. The van der Waals surface area contributed by atoms with E-state index in [1.165, 1.54) is 0 Å². The molecular formula is C28H10N6. The number of benzene rings is 4. The van der Waals surface area contributed by atoms with Crippen molar-refractivity contribution in [2.45, 2.75) is 0 Å². The molecule has 2 aromatic heterocycles. The number of nitrogens with zero attached hydrogens (tertiary/aromatic N) is 6. The lowest BCUT2D eigenvalue weighted by molar-refractivity contribution is 1.31. The minimum Gasteiger partial charge on any atom is -0.244 e. The zero-order valence-corrected chi connectivity index (χ0v) is 17.5.